The summed E-state index contributed by atoms with van der Waals surface area (Å²) in [4.78, 5) is 12.7. The Morgan fingerprint density at radius 1 is 1.00 bits per heavy atom. The molecule has 0 saturated heterocycles. The van der Waals surface area contributed by atoms with E-state index >= 15 is 0 Å². The second kappa shape index (κ2) is 11.0. The summed E-state index contributed by atoms with van der Waals surface area (Å²) in [7, 11) is 0. The van der Waals surface area contributed by atoms with E-state index in [0.717, 1.165) is 10.0 Å². The first-order valence-corrected chi connectivity index (χ1v) is 10.1. The van der Waals surface area contributed by atoms with Crippen LogP contribution in [0.1, 0.15) is 12.5 Å². The summed E-state index contributed by atoms with van der Waals surface area (Å²) in [5, 5.41) is 4.04. The van der Waals surface area contributed by atoms with Crippen molar-refractivity contribution in [1.82, 2.24) is 5.43 Å². The summed E-state index contributed by atoms with van der Waals surface area (Å²) in [5.74, 6) is 1.12. The smallest absolute Gasteiger partial charge is 0.323 e. The Hall–Kier alpha value is -3.32. The van der Waals surface area contributed by atoms with E-state index in [2.05, 4.69) is 26.5 Å². The van der Waals surface area contributed by atoms with Crippen molar-refractivity contribution < 1.29 is 19.0 Å². The molecule has 0 atom stereocenters. The van der Waals surface area contributed by atoms with Gasteiger partial charge in [-0.15, -0.1) is 0 Å². The summed E-state index contributed by atoms with van der Waals surface area (Å²) in [6.45, 7) is 2.42. The quantitative estimate of drug-likeness (QED) is 0.278. The lowest BCUT2D eigenvalue weighted by Gasteiger charge is -2.18. The number of halogens is 1. The molecule has 0 aliphatic rings. The number of benzene rings is 3. The molecule has 1 amide bonds. The van der Waals surface area contributed by atoms with Crippen LogP contribution in [0.2, 0.25) is 0 Å². The highest BCUT2D eigenvalue weighted by Crippen LogP contribution is 2.22. The van der Waals surface area contributed by atoms with Gasteiger partial charge in [-0.2, -0.15) is 5.10 Å². The topological polar surface area (TPSA) is 69.2 Å². The summed E-state index contributed by atoms with van der Waals surface area (Å²) in [6.07, 6.45) is 0.288. The summed E-state index contributed by atoms with van der Waals surface area (Å²) < 4.78 is 17.9. The number of hydrogen-bond acceptors (Lipinski definition) is 5. The fourth-order valence-corrected chi connectivity index (χ4v) is 2.88. The van der Waals surface area contributed by atoms with Crippen molar-refractivity contribution in [2.75, 3.05) is 6.61 Å². The second-order valence-electron chi connectivity index (χ2n) is 6.04. The molecule has 0 saturated carbocycles. The number of amides is 1. The van der Waals surface area contributed by atoms with Gasteiger partial charge in [0, 0.05) is 10.0 Å². The zero-order valence-electron chi connectivity index (χ0n) is 16.3. The van der Waals surface area contributed by atoms with Gasteiger partial charge in [0.1, 0.15) is 17.2 Å². The van der Waals surface area contributed by atoms with E-state index in [-0.39, 0.29) is 0 Å². The van der Waals surface area contributed by atoms with E-state index < -0.39 is 12.2 Å². The van der Waals surface area contributed by atoms with Gasteiger partial charge in [-0.25, -0.2) is 5.43 Å². The Bertz CT molecular complexity index is 940. The number of carbonyl (C=O) groups excluding carboxylic acids is 1. The molecule has 0 bridgehead atoms. The van der Waals surface area contributed by atoms with Gasteiger partial charge in [-0.1, -0.05) is 52.3 Å². The fourth-order valence-electron chi connectivity index (χ4n) is 2.50. The Kier molecular flexibility index (Phi) is 7.86. The summed E-state index contributed by atoms with van der Waals surface area (Å²) >= 11 is 3.42. The molecule has 6 nitrogen and oxygen atoms in total. The molecule has 3 aromatic carbocycles. The van der Waals surface area contributed by atoms with Gasteiger partial charge >= 0.3 is 12.2 Å². The third kappa shape index (κ3) is 6.35. The predicted molar refractivity (Wildman–Crippen MR) is 119 cm³/mol. The predicted octanol–water partition coefficient (Wildman–Crippen LogP) is 4.78. The molecule has 7 heteroatoms. The lowest BCUT2D eigenvalue weighted by Crippen LogP contribution is -2.40. The van der Waals surface area contributed by atoms with Crippen molar-refractivity contribution in [3.8, 4) is 17.2 Å². The van der Waals surface area contributed by atoms with Gasteiger partial charge in [0.05, 0.1) is 12.8 Å². The molecule has 0 fully saturated rings. The molecule has 0 unspecified atom stereocenters. The number of nitrogens with zero attached hydrogens (tertiary/aromatic N) is 1. The van der Waals surface area contributed by atoms with Crippen molar-refractivity contribution in [3.05, 3.63) is 88.9 Å². The van der Waals surface area contributed by atoms with Crippen LogP contribution in [0, 0.1) is 0 Å². The number of ether oxygens (including phenoxy) is 3. The van der Waals surface area contributed by atoms with E-state index in [4.69, 9.17) is 14.2 Å². The van der Waals surface area contributed by atoms with Crippen LogP contribution < -0.4 is 19.6 Å². The Labute approximate surface area is 183 Å². The third-order valence-electron chi connectivity index (χ3n) is 3.84. The van der Waals surface area contributed by atoms with Gasteiger partial charge in [-0.3, -0.25) is 4.79 Å². The first kappa shape index (κ1) is 21.4. The normalized spacial score (nSPS) is 10.8. The van der Waals surface area contributed by atoms with Crippen LogP contribution in [0.3, 0.4) is 0 Å². The monoisotopic (exact) mass is 468 g/mol. The molecule has 1 N–H and O–H groups in total. The van der Waals surface area contributed by atoms with Crippen molar-refractivity contribution in [3.63, 3.8) is 0 Å². The van der Waals surface area contributed by atoms with Crippen LogP contribution in [-0.2, 0) is 4.79 Å². The molecule has 0 aliphatic carbocycles. The van der Waals surface area contributed by atoms with Gasteiger partial charge in [0.25, 0.3) is 0 Å². The standard InChI is InChI=1S/C23H21BrN2O4/c1-2-28-21-14-13-18(24)15-17(21)16-25-26-22(27)23(29-19-9-5-3-6-10-19)30-20-11-7-4-8-12-20/h3-16,23H,2H2,1H3,(H,26,27)/b25-16+. The lowest BCUT2D eigenvalue weighted by molar-refractivity contribution is -0.140. The average Bonchev–Trinajstić information content (AvgIpc) is 2.76. The maximum Gasteiger partial charge on any atom is 0.323 e. The van der Waals surface area contributed by atoms with Crippen molar-refractivity contribution in [1.29, 1.82) is 0 Å². The third-order valence-corrected chi connectivity index (χ3v) is 4.33. The number of para-hydroxylation sites is 2. The molecule has 154 valence electrons. The van der Waals surface area contributed by atoms with E-state index in [1.54, 1.807) is 24.3 Å². The number of hydrogen-bond donors (Lipinski definition) is 1. The number of nitrogens with one attached hydrogen (secondary N) is 1. The van der Waals surface area contributed by atoms with E-state index in [1.165, 1.54) is 6.21 Å². The van der Waals surface area contributed by atoms with Crippen LogP contribution in [0.25, 0.3) is 0 Å². The fraction of sp³-hybridized carbons (Fsp3) is 0.130. The van der Waals surface area contributed by atoms with Crippen LogP contribution in [0.15, 0.2) is 88.4 Å². The minimum absolute atomic E-state index is 0.503. The second-order valence-corrected chi connectivity index (χ2v) is 6.96. The summed E-state index contributed by atoms with van der Waals surface area (Å²) in [6, 6.07) is 23.5. The van der Waals surface area contributed by atoms with Crippen molar-refractivity contribution in [2.24, 2.45) is 5.10 Å². The first-order chi connectivity index (χ1) is 14.7. The highest BCUT2D eigenvalue weighted by atomic mass is 79.9. The maximum absolute atomic E-state index is 12.7. The molecular formula is C23H21BrN2O4. The van der Waals surface area contributed by atoms with Gasteiger partial charge in [0.15, 0.2) is 0 Å². The van der Waals surface area contributed by atoms with Crippen LogP contribution in [0.4, 0.5) is 0 Å². The molecule has 3 rings (SSSR count). The number of carbonyl (C=O) groups is 1. The number of rotatable bonds is 9. The molecule has 0 aliphatic heterocycles. The Balaban J connectivity index is 1.73. The van der Waals surface area contributed by atoms with E-state index in [9.17, 15) is 4.79 Å². The SMILES string of the molecule is CCOc1ccc(Br)cc1/C=N/NC(=O)C(Oc1ccccc1)Oc1ccccc1. The van der Waals surface area contributed by atoms with E-state index in [0.29, 0.717) is 23.9 Å². The molecule has 0 spiro atoms. The molecule has 0 heterocycles. The van der Waals surface area contributed by atoms with Crippen LogP contribution in [0.5, 0.6) is 17.2 Å². The largest absolute Gasteiger partial charge is 0.493 e. The van der Waals surface area contributed by atoms with Crippen molar-refractivity contribution >= 4 is 28.1 Å². The van der Waals surface area contributed by atoms with Gasteiger partial charge < -0.3 is 14.2 Å². The first-order valence-electron chi connectivity index (χ1n) is 9.34. The van der Waals surface area contributed by atoms with Crippen molar-refractivity contribution in [2.45, 2.75) is 13.2 Å². The molecule has 0 radical (unpaired) electrons. The Morgan fingerprint density at radius 3 is 2.17 bits per heavy atom. The molecule has 3 aromatic rings. The molecule has 0 aromatic heterocycles. The Morgan fingerprint density at radius 2 is 1.60 bits per heavy atom. The average molecular weight is 469 g/mol. The lowest BCUT2D eigenvalue weighted by atomic mass is 10.2. The van der Waals surface area contributed by atoms with Gasteiger partial charge in [-0.05, 0) is 49.4 Å². The minimum atomic E-state index is -1.22. The maximum atomic E-state index is 12.7. The number of hydrazone groups is 1. The van der Waals surface area contributed by atoms with E-state index in [1.807, 2.05) is 61.5 Å². The highest BCUT2D eigenvalue weighted by molar-refractivity contribution is 9.10. The van der Waals surface area contributed by atoms with Crippen LogP contribution >= 0.6 is 15.9 Å². The molecular weight excluding hydrogens is 448 g/mol. The van der Waals surface area contributed by atoms with Gasteiger partial charge in [0.2, 0.25) is 0 Å². The van der Waals surface area contributed by atoms with Crippen LogP contribution in [-0.4, -0.2) is 25.0 Å². The zero-order chi connectivity index (χ0) is 21.2. The summed E-state index contributed by atoms with van der Waals surface area (Å²) in [5.41, 5.74) is 3.19. The minimum Gasteiger partial charge on any atom is -0.493 e. The molecule has 30 heavy (non-hydrogen) atoms. The highest BCUT2D eigenvalue weighted by Gasteiger charge is 2.22. The zero-order valence-corrected chi connectivity index (χ0v) is 17.9.